The molecule has 0 N–H and O–H groups in total. The molecule has 10 bridgehead atoms. The average molecular weight is 1640 g/mol. The minimum atomic E-state index is -0.774. The third-order valence-electron chi connectivity index (χ3n) is 26.2. The van der Waals surface area contributed by atoms with E-state index >= 15 is 0 Å². The molecule has 30 nitrogen and oxygen atoms in total. The van der Waals surface area contributed by atoms with E-state index in [0.717, 1.165) is 19.3 Å². The second-order valence-electron chi connectivity index (χ2n) is 32.7. The Morgan fingerprint density at radius 3 is 1.03 bits per heavy atom. The van der Waals surface area contributed by atoms with Crippen LogP contribution in [0.3, 0.4) is 0 Å². The van der Waals surface area contributed by atoms with Crippen molar-refractivity contribution in [2.75, 3.05) is 35.0 Å². The Labute approximate surface area is 682 Å². The van der Waals surface area contributed by atoms with Crippen LogP contribution < -0.4 is 0 Å². The van der Waals surface area contributed by atoms with Gasteiger partial charge in [-0.15, -0.1) is 0 Å². The number of ether oxygens (including phenoxy) is 16. The van der Waals surface area contributed by atoms with Gasteiger partial charge in [0.2, 0.25) is 0 Å². The largest absolute Gasteiger partial charge is 0.469 e. The molecule has 9 saturated heterocycles. The highest BCUT2D eigenvalue weighted by molar-refractivity contribution is 5.90. The van der Waals surface area contributed by atoms with Gasteiger partial charge in [0.05, 0.1) is 92.7 Å². The summed E-state index contributed by atoms with van der Waals surface area (Å²) in [5.41, 5.74) is -1.65. The molecule has 6 saturated carbocycles. The van der Waals surface area contributed by atoms with Crippen LogP contribution in [0.4, 0.5) is 0 Å². The predicted octanol–water partition coefficient (Wildman–Crippen LogP) is 11.3. The third-order valence-corrected chi connectivity index (χ3v) is 26.2. The summed E-state index contributed by atoms with van der Waals surface area (Å²) in [6, 6.07) is 0. The van der Waals surface area contributed by atoms with Crippen LogP contribution in [0.25, 0.3) is 0 Å². The third kappa shape index (κ3) is 18.2. The molecule has 30 heteroatoms. The SMILES string of the molecule is C.C.C.C.C.C.C.C.C.C.CCC(C)(C)C(=O)OC1C2CC3C1OC(=O)C3C2C(=O)OC.CCC(C)(C)C(=O)OC1C2OC(=O)C3C2OC1C3C(=O)OC.CCC(C)(C)C(=O)OC1CC2CC1C1COC(=O)C21.CCC(C)C(=O)OC1C2CC3C1OC(=O)C3C2C(=O)OC.CCC(C)C(=O)OC1C2OC(=O)C3C2OC1C3C(=O)OC. The fourth-order valence-corrected chi connectivity index (χ4v) is 18.5. The fourth-order valence-electron chi connectivity index (χ4n) is 18.5. The lowest BCUT2D eigenvalue weighted by molar-refractivity contribution is -0.173. The van der Waals surface area contributed by atoms with Gasteiger partial charge in [-0.3, -0.25) is 67.1 Å². The topological polar surface area (TPSA) is 387 Å². The number of esters is 14. The van der Waals surface area contributed by atoms with Crippen LogP contribution >= 0.6 is 0 Å². The van der Waals surface area contributed by atoms with Gasteiger partial charge >= 0.3 is 83.6 Å². The Balaban J connectivity index is 0.000000704. The molecule has 9 heterocycles. The highest BCUT2D eigenvalue weighted by Crippen LogP contribution is 2.62. The average Bonchev–Trinajstić information content (AvgIpc) is 1.56. The zero-order chi connectivity index (χ0) is 76.9. The van der Waals surface area contributed by atoms with Gasteiger partial charge in [0.1, 0.15) is 78.6 Å². The second-order valence-corrected chi connectivity index (χ2v) is 32.7. The molecule has 662 valence electrons. The fraction of sp³-hybridized carbons (Fsp3) is 0.835. The van der Waals surface area contributed by atoms with Crippen molar-refractivity contribution in [3.05, 3.63) is 0 Å². The molecule has 15 aliphatic rings. The molecule has 0 amide bonds. The molecular formula is C85H142O30. The Hall–Kier alpha value is -7.50. The first-order chi connectivity index (χ1) is 49.5. The van der Waals surface area contributed by atoms with Crippen molar-refractivity contribution in [2.24, 2.45) is 123 Å². The molecule has 0 aromatic rings. The molecule has 0 spiro atoms. The van der Waals surface area contributed by atoms with E-state index in [4.69, 9.17) is 75.8 Å². The zero-order valence-corrected chi connectivity index (χ0v) is 62.7. The number of methoxy groups -OCH3 is 4. The van der Waals surface area contributed by atoms with Crippen LogP contribution in [0, 0.1) is 123 Å². The van der Waals surface area contributed by atoms with Gasteiger partial charge in [-0.05, 0) is 105 Å². The molecule has 15 fully saturated rings. The summed E-state index contributed by atoms with van der Waals surface area (Å²) in [6.07, 6.45) is -0.383. The molecule has 31 atom stereocenters. The van der Waals surface area contributed by atoms with Crippen LogP contribution in [-0.4, -0.2) is 198 Å². The lowest BCUT2D eigenvalue weighted by Crippen LogP contribution is -2.49. The highest BCUT2D eigenvalue weighted by atomic mass is 16.7. The van der Waals surface area contributed by atoms with Crippen molar-refractivity contribution in [3.63, 3.8) is 0 Å². The van der Waals surface area contributed by atoms with Gasteiger partial charge in [-0.2, -0.15) is 0 Å². The molecule has 0 aromatic carbocycles. The summed E-state index contributed by atoms with van der Waals surface area (Å²) >= 11 is 0. The first kappa shape index (κ1) is 106. The van der Waals surface area contributed by atoms with E-state index in [-0.39, 0.29) is 182 Å². The number of rotatable bonds is 19. The Morgan fingerprint density at radius 2 is 0.670 bits per heavy atom. The van der Waals surface area contributed by atoms with E-state index in [0.29, 0.717) is 57.0 Å². The maximum absolute atomic E-state index is 12.4. The summed E-state index contributed by atoms with van der Waals surface area (Å²) in [4.78, 5) is 168. The summed E-state index contributed by atoms with van der Waals surface area (Å²) in [5, 5.41) is 0. The number of cyclic esters (lactones) is 1. The first-order valence-corrected chi connectivity index (χ1v) is 37.2. The van der Waals surface area contributed by atoms with Crippen molar-refractivity contribution >= 4 is 83.6 Å². The van der Waals surface area contributed by atoms with E-state index in [9.17, 15) is 67.1 Å². The maximum Gasteiger partial charge on any atom is 0.313 e. The van der Waals surface area contributed by atoms with Crippen molar-refractivity contribution in [2.45, 2.75) is 301 Å². The van der Waals surface area contributed by atoms with E-state index < -0.39 is 167 Å². The van der Waals surface area contributed by atoms with Crippen molar-refractivity contribution in [1.29, 1.82) is 0 Å². The first-order valence-electron chi connectivity index (χ1n) is 37.2. The summed E-state index contributed by atoms with van der Waals surface area (Å²) < 4.78 is 85.0. The Morgan fingerprint density at radius 1 is 0.348 bits per heavy atom. The maximum atomic E-state index is 12.4. The van der Waals surface area contributed by atoms with Gasteiger partial charge in [0, 0.05) is 35.5 Å². The molecule has 115 heavy (non-hydrogen) atoms. The minimum Gasteiger partial charge on any atom is -0.469 e. The van der Waals surface area contributed by atoms with E-state index in [1.807, 2.05) is 62.3 Å². The summed E-state index contributed by atoms with van der Waals surface area (Å²) in [5.74, 6) is -9.67. The molecule has 6 aliphatic carbocycles. The van der Waals surface area contributed by atoms with E-state index in [2.05, 4.69) is 0 Å². The van der Waals surface area contributed by atoms with Crippen LogP contribution in [0.2, 0.25) is 0 Å². The lowest BCUT2D eigenvalue weighted by atomic mass is 9.78. The Bertz CT molecular complexity index is 3290. The Kier molecular flexibility index (Phi) is 37.0. The van der Waals surface area contributed by atoms with Crippen LogP contribution in [0.1, 0.15) is 222 Å². The molecule has 15 rings (SSSR count). The predicted molar refractivity (Wildman–Crippen MR) is 418 cm³/mol. The second kappa shape index (κ2) is 40.3. The molecule has 0 aromatic heterocycles. The van der Waals surface area contributed by atoms with Crippen LogP contribution in [0.15, 0.2) is 0 Å². The number of carbonyl (C=O) groups excluding carboxylic acids is 14. The number of hydrogen-bond acceptors (Lipinski definition) is 30. The van der Waals surface area contributed by atoms with Gasteiger partial charge in [-0.25, -0.2) is 0 Å². The highest BCUT2D eigenvalue weighted by Gasteiger charge is 2.75. The van der Waals surface area contributed by atoms with Crippen molar-refractivity contribution in [3.8, 4) is 0 Å². The van der Waals surface area contributed by atoms with Gasteiger partial charge in [-0.1, -0.05) is 123 Å². The van der Waals surface area contributed by atoms with Gasteiger partial charge < -0.3 is 75.8 Å². The zero-order valence-electron chi connectivity index (χ0n) is 62.7. The van der Waals surface area contributed by atoms with Gasteiger partial charge in [0.15, 0.2) is 24.4 Å². The quantitative estimate of drug-likeness (QED) is 0.0856. The van der Waals surface area contributed by atoms with E-state index in [1.54, 1.807) is 27.7 Å². The van der Waals surface area contributed by atoms with Crippen LogP contribution in [0.5, 0.6) is 0 Å². The molecular weight excluding hydrogens is 1500 g/mol. The normalized spacial score (nSPS) is 36.4. The smallest absolute Gasteiger partial charge is 0.313 e. The van der Waals surface area contributed by atoms with Crippen LogP contribution in [-0.2, 0) is 143 Å². The number of hydrogen-bond donors (Lipinski definition) is 0. The minimum absolute atomic E-state index is 0. The van der Waals surface area contributed by atoms with Gasteiger partial charge in [0.25, 0.3) is 0 Å². The monoisotopic (exact) mass is 1640 g/mol. The standard InChI is InChI=1S/C16H22O6.C15H20O7.C15H20O6.C15H22O4.C14H18O7.10CH4/c1-5-16(2,3)15(19)22-12-7-6-8-10(9(7)13(17)20-4)14(18)21-11(8)12;1-5-15(2,3)14(18)22-11-8-6(12(16)19-4)7-9(20-8)10(11)21-13(7)17;1-4-6(2)13(16)20-11-7-5-8-10(9(7)14(17)19-3)15(18)21-12(8)11;1-4-15(2,3)14(17)19-11-6-8-5-9(11)10-7-18-13(16)12(8)10;1-4-5(2)12(15)20-10-8-6(13(16)18-3)7-9(19-8)11(10)21-14(7)17;;;;;;;;;;/h7-12H,5-6H2,1-4H3;6-11H,5H2,1-4H3;6-12H,4-5H2,1-3H3;8-12H,4-7H2,1-3H3;5-11H,4H2,1-3H3;10*1H4. The van der Waals surface area contributed by atoms with E-state index in [1.165, 1.54) is 28.4 Å². The lowest BCUT2D eigenvalue weighted by Gasteiger charge is -2.32. The summed E-state index contributed by atoms with van der Waals surface area (Å²) in [7, 11) is 5.14. The van der Waals surface area contributed by atoms with Crippen molar-refractivity contribution < 1.29 is 143 Å². The van der Waals surface area contributed by atoms with Crippen molar-refractivity contribution in [1.82, 2.24) is 0 Å². The number of carbonyl (C=O) groups is 14. The summed E-state index contributed by atoms with van der Waals surface area (Å²) in [6.45, 7) is 24.8. The molecule has 9 aliphatic heterocycles. The molecule has 0 radical (unpaired) electrons. The molecule has 31 unspecified atom stereocenters. The number of fused-ring (bicyclic) bond motifs is 9.